The molecule has 2 aromatic carbocycles. The number of aromatic nitrogens is 2. The van der Waals surface area contributed by atoms with Gasteiger partial charge in [-0.1, -0.05) is 6.07 Å². The number of nitrogens with zero attached hydrogens (tertiary/aromatic N) is 3. The molecule has 2 atom stereocenters. The molecule has 9 heteroatoms. The summed E-state index contributed by atoms with van der Waals surface area (Å²) in [5.41, 5.74) is 3.41. The number of fused-ring (bicyclic) bond motifs is 2. The predicted octanol–water partition coefficient (Wildman–Crippen LogP) is 4.48. The van der Waals surface area contributed by atoms with Crippen LogP contribution in [0.3, 0.4) is 0 Å². The highest BCUT2D eigenvalue weighted by Crippen LogP contribution is 2.61. The monoisotopic (exact) mass is 500 g/mol. The van der Waals surface area contributed by atoms with Crippen LogP contribution in [0, 0.1) is 24.2 Å². The van der Waals surface area contributed by atoms with Gasteiger partial charge in [-0.25, -0.2) is 0 Å². The molecule has 3 aromatic rings. The van der Waals surface area contributed by atoms with E-state index in [1.165, 1.54) is 0 Å². The lowest BCUT2D eigenvalue weighted by Crippen LogP contribution is -2.27. The predicted molar refractivity (Wildman–Crippen MR) is 134 cm³/mol. The molecule has 1 amide bonds. The molecule has 1 aliphatic carbocycles. The van der Waals surface area contributed by atoms with Crippen molar-refractivity contribution in [2.24, 2.45) is 5.92 Å². The van der Waals surface area contributed by atoms with E-state index >= 15 is 0 Å². The number of nitrogens with one attached hydrogen (secondary N) is 1. The van der Waals surface area contributed by atoms with Crippen molar-refractivity contribution in [1.82, 2.24) is 10.2 Å². The van der Waals surface area contributed by atoms with Crippen molar-refractivity contribution < 1.29 is 23.5 Å². The van der Waals surface area contributed by atoms with E-state index in [0.29, 0.717) is 61.9 Å². The fourth-order valence-corrected chi connectivity index (χ4v) is 5.15. The Morgan fingerprint density at radius 1 is 1.24 bits per heavy atom. The standard InChI is InChI=1S/C28H28N4O5/c1-3-35-25(33)6-4-5-19-8-7-18(16-29)13-23(19)30-26(34)22-15-28(22)11-12-36-24-10-9-20(14-21(24)28)27-32-31-17(2)37-27/h7-10,13-14,22H,3-6,11-12,15H2,1-2H3,(H,30,34)/t22-,28-/m0/s1. The first-order valence-corrected chi connectivity index (χ1v) is 12.5. The quantitative estimate of drug-likeness (QED) is 0.449. The van der Waals surface area contributed by atoms with Crippen LogP contribution < -0.4 is 10.1 Å². The largest absolute Gasteiger partial charge is 0.493 e. The Morgan fingerprint density at radius 3 is 2.86 bits per heavy atom. The Morgan fingerprint density at radius 2 is 2.11 bits per heavy atom. The van der Waals surface area contributed by atoms with Crippen molar-refractivity contribution in [3.8, 4) is 23.3 Å². The van der Waals surface area contributed by atoms with Gasteiger partial charge >= 0.3 is 5.97 Å². The number of rotatable bonds is 8. The van der Waals surface area contributed by atoms with Gasteiger partial charge < -0.3 is 19.2 Å². The molecular weight excluding hydrogens is 472 g/mol. The second-order valence-corrected chi connectivity index (χ2v) is 9.48. The number of esters is 1. The maximum absolute atomic E-state index is 13.5. The molecule has 1 saturated carbocycles. The number of carbonyl (C=O) groups excluding carboxylic acids is 2. The molecule has 9 nitrogen and oxygen atoms in total. The van der Waals surface area contributed by atoms with Crippen LogP contribution in [0.25, 0.3) is 11.5 Å². The third kappa shape index (κ3) is 4.92. The summed E-state index contributed by atoms with van der Waals surface area (Å²) in [6, 6.07) is 13.2. The maximum atomic E-state index is 13.5. The number of carbonyl (C=O) groups is 2. The minimum absolute atomic E-state index is 0.0892. The molecule has 37 heavy (non-hydrogen) atoms. The average molecular weight is 501 g/mol. The van der Waals surface area contributed by atoms with E-state index in [0.717, 1.165) is 28.9 Å². The molecule has 2 aliphatic rings. The van der Waals surface area contributed by atoms with Crippen LogP contribution in [-0.4, -0.2) is 35.3 Å². The smallest absolute Gasteiger partial charge is 0.305 e. The first-order valence-electron chi connectivity index (χ1n) is 12.5. The summed E-state index contributed by atoms with van der Waals surface area (Å²) in [7, 11) is 0. The van der Waals surface area contributed by atoms with Crippen LogP contribution in [0.2, 0.25) is 0 Å². The van der Waals surface area contributed by atoms with Gasteiger partial charge in [-0.05, 0) is 68.5 Å². The van der Waals surface area contributed by atoms with Gasteiger partial charge in [0.25, 0.3) is 0 Å². The van der Waals surface area contributed by atoms with E-state index in [4.69, 9.17) is 13.9 Å². The summed E-state index contributed by atoms with van der Waals surface area (Å²) in [4.78, 5) is 25.2. The van der Waals surface area contributed by atoms with Crippen molar-refractivity contribution in [1.29, 1.82) is 5.26 Å². The second kappa shape index (κ2) is 10.1. The van der Waals surface area contributed by atoms with Crippen LogP contribution in [0.1, 0.15) is 55.2 Å². The van der Waals surface area contributed by atoms with Gasteiger partial charge in [0.1, 0.15) is 5.75 Å². The number of aryl methyl sites for hydroxylation is 2. The Balaban J connectivity index is 1.34. The summed E-state index contributed by atoms with van der Waals surface area (Å²) in [6.07, 6.45) is 2.90. The fraction of sp³-hybridized carbons (Fsp3) is 0.393. The van der Waals surface area contributed by atoms with Gasteiger partial charge in [0.15, 0.2) is 0 Å². The van der Waals surface area contributed by atoms with Gasteiger partial charge in [0.2, 0.25) is 17.7 Å². The number of anilines is 1. The molecule has 0 radical (unpaired) electrons. The van der Waals surface area contributed by atoms with Gasteiger partial charge in [0, 0.05) is 41.5 Å². The second-order valence-electron chi connectivity index (χ2n) is 9.48. The molecular formula is C28H28N4O5. The Bertz CT molecular complexity index is 1390. The van der Waals surface area contributed by atoms with E-state index < -0.39 is 0 Å². The molecule has 1 aliphatic heterocycles. The third-order valence-electron chi connectivity index (χ3n) is 7.12. The van der Waals surface area contributed by atoms with Crippen LogP contribution in [0.15, 0.2) is 40.8 Å². The normalized spacial score (nSPS) is 19.4. The zero-order valence-corrected chi connectivity index (χ0v) is 20.9. The first kappa shape index (κ1) is 24.5. The zero-order chi connectivity index (χ0) is 26.0. The molecule has 1 spiro atoms. The fourth-order valence-electron chi connectivity index (χ4n) is 5.15. The zero-order valence-electron chi connectivity index (χ0n) is 20.9. The highest BCUT2D eigenvalue weighted by Gasteiger charge is 2.61. The van der Waals surface area contributed by atoms with Crippen LogP contribution in [0.4, 0.5) is 5.69 Å². The van der Waals surface area contributed by atoms with E-state index in [9.17, 15) is 14.9 Å². The molecule has 1 fully saturated rings. The van der Waals surface area contributed by atoms with Crippen LogP contribution in [-0.2, 0) is 26.2 Å². The lowest BCUT2D eigenvalue weighted by Gasteiger charge is -2.27. The van der Waals surface area contributed by atoms with Crippen LogP contribution in [0.5, 0.6) is 5.75 Å². The van der Waals surface area contributed by atoms with E-state index in [-0.39, 0.29) is 23.2 Å². The summed E-state index contributed by atoms with van der Waals surface area (Å²) in [5.74, 6) is 1.13. The lowest BCUT2D eigenvalue weighted by atomic mass is 9.86. The molecule has 5 rings (SSSR count). The van der Waals surface area contributed by atoms with Crippen molar-refractivity contribution in [3.05, 3.63) is 59.0 Å². The lowest BCUT2D eigenvalue weighted by molar-refractivity contribution is -0.143. The Hall–Kier alpha value is -4.19. The van der Waals surface area contributed by atoms with E-state index in [1.807, 2.05) is 24.3 Å². The Labute approximate surface area is 214 Å². The van der Waals surface area contributed by atoms with Gasteiger partial charge in [0.05, 0.1) is 24.8 Å². The maximum Gasteiger partial charge on any atom is 0.305 e. The number of hydrogen-bond donors (Lipinski definition) is 1. The van der Waals surface area contributed by atoms with Gasteiger partial charge in [-0.2, -0.15) is 5.26 Å². The van der Waals surface area contributed by atoms with Crippen molar-refractivity contribution in [3.63, 3.8) is 0 Å². The first-order chi connectivity index (χ1) is 17.9. The number of hydrogen-bond acceptors (Lipinski definition) is 8. The van der Waals surface area contributed by atoms with Gasteiger partial charge in [-0.15, -0.1) is 10.2 Å². The number of amides is 1. The van der Waals surface area contributed by atoms with Crippen LogP contribution >= 0.6 is 0 Å². The van der Waals surface area contributed by atoms with Crippen molar-refractivity contribution in [2.45, 2.75) is 51.4 Å². The molecule has 1 N–H and O–H groups in total. The Kier molecular flexibility index (Phi) is 6.66. The highest BCUT2D eigenvalue weighted by molar-refractivity contribution is 5.97. The highest BCUT2D eigenvalue weighted by atomic mass is 16.5. The molecule has 0 unspecified atom stereocenters. The minimum atomic E-state index is -0.320. The van der Waals surface area contributed by atoms with E-state index in [1.54, 1.807) is 26.0 Å². The summed E-state index contributed by atoms with van der Waals surface area (Å²) < 4.78 is 16.5. The molecule has 190 valence electrons. The summed E-state index contributed by atoms with van der Waals surface area (Å²) >= 11 is 0. The van der Waals surface area contributed by atoms with Crippen molar-refractivity contribution >= 4 is 17.6 Å². The van der Waals surface area contributed by atoms with Crippen molar-refractivity contribution in [2.75, 3.05) is 18.5 Å². The minimum Gasteiger partial charge on any atom is -0.493 e. The summed E-state index contributed by atoms with van der Waals surface area (Å²) in [6.45, 7) is 4.41. The summed E-state index contributed by atoms with van der Waals surface area (Å²) in [5, 5.41) is 20.5. The number of nitriles is 1. The average Bonchev–Trinajstić information content (AvgIpc) is 3.45. The topological polar surface area (TPSA) is 127 Å². The third-order valence-corrected chi connectivity index (χ3v) is 7.12. The van der Waals surface area contributed by atoms with Gasteiger partial charge in [-0.3, -0.25) is 9.59 Å². The molecule has 1 aromatic heterocycles. The van der Waals surface area contributed by atoms with E-state index in [2.05, 4.69) is 21.6 Å². The SMILES string of the molecule is CCOC(=O)CCCc1ccc(C#N)cc1NC(=O)[C@@H]1C[C@]12CCOc1ccc(-c3nnc(C)o3)cc12. The molecule has 2 heterocycles. The molecule has 0 saturated heterocycles. The molecule has 0 bridgehead atoms. The number of ether oxygens (including phenoxy) is 2. The number of benzene rings is 2.